The Morgan fingerprint density at radius 2 is 2.12 bits per heavy atom. The predicted molar refractivity (Wildman–Crippen MR) is 65.9 cm³/mol. The van der Waals surface area contributed by atoms with Crippen molar-refractivity contribution in [3.8, 4) is 5.75 Å². The number of fused-ring (bicyclic) bond motifs is 1. The summed E-state index contributed by atoms with van der Waals surface area (Å²) < 4.78 is 10.6. The second kappa shape index (κ2) is 3.83. The van der Waals surface area contributed by atoms with Gasteiger partial charge in [-0.05, 0) is 40.5 Å². The molecule has 1 aromatic heterocycles. The molecule has 2 N–H and O–H groups in total. The van der Waals surface area contributed by atoms with Crippen molar-refractivity contribution in [3.05, 3.63) is 32.6 Å². The monoisotopic (exact) mass is 283 g/mol. The van der Waals surface area contributed by atoms with E-state index in [1.165, 1.54) is 7.11 Å². The molecule has 0 saturated carbocycles. The summed E-state index contributed by atoms with van der Waals surface area (Å²) in [7, 11) is 1.52. The van der Waals surface area contributed by atoms with Gasteiger partial charge < -0.3 is 14.9 Å². The van der Waals surface area contributed by atoms with Gasteiger partial charge in [-0.3, -0.25) is 0 Å². The standard InChI is InChI=1S/C11H10BrNO3/c1-5-6-3-4-7(15-2)9(13)10(6)16-11(14)8(5)12/h3-4H,13H2,1-2H3. The number of rotatable bonds is 1. The topological polar surface area (TPSA) is 65.5 Å². The predicted octanol–water partition coefficient (Wildman–Crippen LogP) is 2.45. The minimum absolute atomic E-state index is 0.340. The first-order valence-corrected chi connectivity index (χ1v) is 5.41. The Balaban J connectivity index is 2.96. The molecular weight excluding hydrogens is 274 g/mol. The molecular formula is C11H10BrNO3. The number of ether oxygens (including phenoxy) is 1. The SMILES string of the molecule is COc1ccc2c(C)c(Br)c(=O)oc2c1N. The first-order chi connectivity index (χ1) is 7.56. The third-order valence-electron chi connectivity index (χ3n) is 2.48. The summed E-state index contributed by atoms with van der Waals surface area (Å²) in [6.07, 6.45) is 0. The Morgan fingerprint density at radius 1 is 1.44 bits per heavy atom. The highest BCUT2D eigenvalue weighted by molar-refractivity contribution is 9.10. The molecule has 1 heterocycles. The molecule has 0 aliphatic heterocycles. The van der Waals surface area contributed by atoms with Crippen LogP contribution >= 0.6 is 15.9 Å². The molecule has 0 aliphatic rings. The molecule has 2 rings (SSSR count). The Morgan fingerprint density at radius 3 is 2.75 bits per heavy atom. The third-order valence-corrected chi connectivity index (χ3v) is 3.40. The zero-order valence-electron chi connectivity index (χ0n) is 8.83. The van der Waals surface area contributed by atoms with E-state index in [-0.39, 0.29) is 0 Å². The van der Waals surface area contributed by atoms with Crippen molar-refractivity contribution < 1.29 is 9.15 Å². The van der Waals surface area contributed by atoms with Gasteiger partial charge in [0.05, 0.1) is 7.11 Å². The summed E-state index contributed by atoms with van der Waals surface area (Å²) in [4.78, 5) is 11.5. The lowest BCUT2D eigenvalue weighted by molar-refractivity contribution is 0.416. The van der Waals surface area contributed by atoms with E-state index in [1.807, 2.05) is 13.0 Å². The van der Waals surface area contributed by atoms with Crippen LogP contribution < -0.4 is 16.1 Å². The molecule has 0 fully saturated rings. The quantitative estimate of drug-likeness (QED) is 0.645. The minimum Gasteiger partial charge on any atom is -0.494 e. The molecule has 4 nitrogen and oxygen atoms in total. The van der Waals surface area contributed by atoms with Crippen LogP contribution in [0.1, 0.15) is 5.56 Å². The van der Waals surface area contributed by atoms with E-state index < -0.39 is 5.63 Å². The molecule has 16 heavy (non-hydrogen) atoms. The number of anilines is 1. The minimum atomic E-state index is -0.440. The van der Waals surface area contributed by atoms with Crippen LogP contribution in [0.3, 0.4) is 0 Å². The Hall–Kier alpha value is -1.49. The number of hydrogen-bond acceptors (Lipinski definition) is 4. The van der Waals surface area contributed by atoms with E-state index in [4.69, 9.17) is 14.9 Å². The molecule has 84 valence electrons. The van der Waals surface area contributed by atoms with Gasteiger partial charge in [-0.15, -0.1) is 0 Å². The molecule has 0 radical (unpaired) electrons. The molecule has 2 aromatic rings. The summed E-state index contributed by atoms with van der Waals surface area (Å²) in [5.74, 6) is 0.498. The number of nitrogens with two attached hydrogens (primary N) is 1. The molecule has 0 bridgehead atoms. The second-order valence-corrected chi connectivity index (χ2v) is 4.18. The van der Waals surface area contributed by atoms with Crippen LogP contribution in [0, 0.1) is 6.92 Å². The summed E-state index contributed by atoms with van der Waals surface area (Å²) in [5, 5.41) is 0.796. The summed E-state index contributed by atoms with van der Waals surface area (Å²) in [5.41, 5.74) is 6.92. The summed E-state index contributed by atoms with van der Waals surface area (Å²) >= 11 is 3.18. The van der Waals surface area contributed by atoms with Gasteiger partial charge in [-0.2, -0.15) is 0 Å². The third kappa shape index (κ3) is 1.48. The van der Waals surface area contributed by atoms with Crippen molar-refractivity contribution in [3.63, 3.8) is 0 Å². The lowest BCUT2D eigenvalue weighted by Crippen LogP contribution is -2.04. The van der Waals surface area contributed by atoms with Gasteiger partial charge in [0.25, 0.3) is 0 Å². The first-order valence-electron chi connectivity index (χ1n) is 4.61. The maximum atomic E-state index is 11.5. The normalized spacial score (nSPS) is 10.7. The van der Waals surface area contributed by atoms with Crippen LogP contribution in [0.15, 0.2) is 25.8 Å². The lowest BCUT2D eigenvalue weighted by Gasteiger charge is -2.08. The van der Waals surface area contributed by atoms with Crippen molar-refractivity contribution in [2.45, 2.75) is 6.92 Å². The smallest absolute Gasteiger partial charge is 0.351 e. The van der Waals surface area contributed by atoms with Crippen LogP contribution in [-0.4, -0.2) is 7.11 Å². The molecule has 0 unspecified atom stereocenters. The fraction of sp³-hybridized carbons (Fsp3) is 0.182. The molecule has 0 aliphatic carbocycles. The number of methoxy groups -OCH3 is 1. The number of aryl methyl sites for hydroxylation is 1. The first kappa shape index (κ1) is 11.0. The van der Waals surface area contributed by atoms with Gasteiger partial charge in [-0.25, -0.2) is 4.79 Å². The molecule has 0 amide bonds. The van der Waals surface area contributed by atoms with Crippen LogP contribution in [0.25, 0.3) is 11.0 Å². The molecule has 1 aromatic carbocycles. The highest BCUT2D eigenvalue weighted by Crippen LogP contribution is 2.32. The van der Waals surface area contributed by atoms with Crippen molar-refractivity contribution in [1.29, 1.82) is 0 Å². The van der Waals surface area contributed by atoms with Gasteiger partial charge in [-0.1, -0.05) is 0 Å². The van der Waals surface area contributed by atoms with E-state index in [0.29, 0.717) is 21.5 Å². The van der Waals surface area contributed by atoms with Crippen molar-refractivity contribution in [2.24, 2.45) is 0 Å². The second-order valence-electron chi connectivity index (χ2n) is 3.39. The van der Waals surface area contributed by atoms with Gasteiger partial charge in [0, 0.05) is 5.39 Å². The Labute approximate surface area is 100 Å². The van der Waals surface area contributed by atoms with Gasteiger partial charge in [0.1, 0.15) is 15.9 Å². The highest BCUT2D eigenvalue weighted by atomic mass is 79.9. The zero-order chi connectivity index (χ0) is 11.9. The number of nitrogen functional groups attached to an aromatic ring is 1. The van der Waals surface area contributed by atoms with Gasteiger partial charge >= 0.3 is 5.63 Å². The maximum Gasteiger partial charge on any atom is 0.351 e. The Bertz CT molecular complexity index is 619. The molecule has 0 spiro atoms. The van der Waals surface area contributed by atoms with Crippen LogP contribution in [0.4, 0.5) is 5.69 Å². The van der Waals surface area contributed by atoms with E-state index in [2.05, 4.69) is 15.9 Å². The number of hydrogen-bond donors (Lipinski definition) is 1. The van der Waals surface area contributed by atoms with E-state index >= 15 is 0 Å². The van der Waals surface area contributed by atoms with Crippen molar-refractivity contribution in [2.75, 3.05) is 12.8 Å². The summed E-state index contributed by atoms with van der Waals surface area (Å²) in [6.45, 7) is 1.83. The van der Waals surface area contributed by atoms with Crippen LogP contribution in [0.2, 0.25) is 0 Å². The average Bonchev–Trinajstić information content (AvgIpc) is 2.28. The van der Waals surface area contributed by atoms with Gasteiger partial charge in [0.2, 0.25) is 0 Å². The van der Waals surface area contributed by atoms with Crippen molar-refractivity contribution >= 4 is 32.6 Å². The largest absolute Gasteiger partial charge is 0.494 e. The van der Waals surface area contributed by atoms with E-state index in [0.717, 1.165) is 10.9 Å². The fourth-order valence-corrected chi connectivity index (χ4v) is 1.87. The highest BCUT2D eigenvalue weighted by Gasteiger charge is 2.13. The number of halogens is 1. The molecule has 0 atom stereocenters. The van der Waals surface area contributed by atoms with Crippen LogP contribution in [0.5, 0.6) is 5.75 Å². The van der Waals surface area contributed by atoms with Crippen LogP contribution in [-0.2, 0) is 0 Å². The fourth-order valence-electron chi connectivity index (χ4n) is 1.57. The van der Waals surface area contributed by atoms with E-state index in [1.54, 1.807) is 6.07 Å². The molecule has 0 saturated heterocycles. The zero-order valence-corrected chi connectivity index (χ0v) is 10.4. The van der Waals surface area contributed by atoms with E-state index in [9.17, 15) is 4.79 Å². The number of benzene rings is 1. The summed E-state index contributed by atoms with van der Waals surface area (Å²) in [6, 6.07) is 3.56. The average molecular weight is 284 g/mol. The van der Waals surface area contributed by atoms with Gasteiger partial charge in [0.15, 0.2) is 5.58 Å². The maximum absolute atomic E-state index is 11.5. The van der Waals surface area contributed by atoms with Crippen molar-refractivity contribution in [1.82, 2.24) is 0 Å². The molecule has 5 heteroatoms. The lowest BCUT2D eigenvalue weighted by atomic mass is 10.1. The Kier molecular flexibility index (Phi) is 2.63.